The summed E-state index contributed by atoms with van der Waals surface area (Å²) < 4.78 is 4.46. The first kappa shape index (κ1) is 6.26. The predicted molar refractivity (Wildman–Crippen MR) is 33.6 cm³/mol. The average Bonchev–Trinajstić information content (AvgIpc) is 2.37. The summed E-state index contributed by atoms with van der Waals surface area (Å²) in [5, 5.41) is 0. The largest absolute Gasteiger partial charge is 0.465 e. The van der Waals surface area contributed by atoms with Gasteiger partial charge in [-0.25, -0.2) is 4.79 Å². The Hall–Kier alpha value is -0.860. The highest BCUT2D eigenvalue weighted by atomic mass is 16.5. The number of hydrogen-bond acceptors (Lipinski definition) is 3. The molecule has 0 fully saturated rings. The Kier molecular flexibility index (Phi) is 1.82. The van der Waals surface area contributed by atoms with E-state index in [-0.39, 0.29) is 5.97 Å². The number of nitrogens with zero attached hydrogens (tertiary/aromatic N) is 1. The molecule has 3 nitrogen and oxygen atoms in total. The molecule has 0 unspecified atom stereocenters. The van der Waals surface area contributed by atoms with E-state index in [2.05, 4.69) is 9.73 Å². The summed E-state index contributed by atoms with van der Waals surface area (Å²) in [5.74, 6) is -0.271. The van der Waals surface area contributed by atoms with E-state index in [1.54, 1.807) is 0 Å². The normalized spacial score (nSPS) is 17.2. The number of ether oxygens (including phenoxy) is 1. The lowest BCUT2D eigenvalue weighted by molar-refractivity contribution is -0.132. The van der Waals surface area contributed by atoms with Crippen molar-refractivity contribution in [1.82, 2.24) is 0 Å². The van der Waals surface area contributed by atoms with Crippen LogP contribution in [0.4, 0.5) is 0 Å². The molecule has 0 aromatic carbocycles. The molecule has 0 radical (unpaired) electrons. The molecule has 50 valence electrons. The second kappa shape index (κ2) is 2.62. The van der Waals surface area contributed by atoms with Gasteiger partial charge in [-0.05, 0) is 12.8 Å². The zero-order valence-electron chi connectivity index (χ0n) is 5.39. The van der Waals surface area contributed by atoms with Gasteiger partial charge in [-0.3, -0.25) is 4.99 Å². The maximum atomic E-state index is 10.7. The van der Waals surface area contributed by atoms with E-state index in [0.29, 0.717) is 5.71 Å². The van der Waals surface area contributed by atoms with Crippen LogP contribution in [-0.4, -0.2) is 25.3 Å². The fourth-order valence-corrected chi connectivity index (χ4v) is 0.824. The minimum absolute atomic E-state index is 0.271. The number of carbonyl (C=O) groups excluding carboxylic acids is 1. The smallest absolute Gasteiger partial charge is 0.351 e. The third kappa shape index (κ3) is 1.28. The number of esters is 1. The summed E-state index contributed by atoms with van der Waals surface area (Å²) in [4.78, 5) is 14.6. The average molecular weight is 127 g/mol. The van der Waals surface area contributed by atoms with Crippen LogP contribution in [0, 0.1) is 0 Å². The molecule has 0 spiro atoms. The van der Waals surface area contributed by atoms with Crippen LogP contribution in [0.5, 0.6) is 0 Å². The topological polar surface area (TPSA) is 38.7 Å². The summed E-state index contributed by atoms with van der Waals surface area (Å²) in [7, 11) is 1.38. The third-order valence-electron chi connectivity index (χ3n) is 1.30. The monoisotopic (exact) mass is 127 g/mol. The molecule has 9 heavy (non-hydrogen) atoms. The van der Waals surface area contributed by atoms with Crippen molar-refractivity contribution < 1.29 is 9.53 Å². The highest BCUT2D eigenvalue weighted by Crippen LogP contribution is 2.04. The quantitative estimate of drug-likeness (QED) is 0.478. The van der Waals surface area contributed by atoms with Gasteiger partial charge < -0.3 is 4.74 Å². The van der Waals surface area contributed by atoms with Gasteiger partial charge in [0.1, 0.15) is 5.71 Å². The van der Waals surface area contributed by atoms with Gasteiger partial charge in [0.15, 0.2) is 0 Å². The van der Waals surface area contributed by atoms with Crippen molar-refractivity contribution >= 4 is 11.7 Å². The number of rotatable bonds is 1. The molecule has 1 rings (SSSR count). The molecule has 0 atom stereocenters. The van der Waals surface area contributed by atoms with Gasteiger partial charge in [0.2, 0.25) is 0 Å². The molecule has 1 aliphatic rings. The molecule has 0 amide bonds. The van der Waals surface area contributed by atoms with E-state index in [9.17, 15) is 4.79 Å². The summed E-state index contributed by atoms with van der Waals surface area (Å²) in [5.41, 5.74) is 0.595. The van der Waals surface area contributed by atoms with Crippen LogP contribution < -0.4 is 0 Å². The molecule has 3 heteroatoms. The second-order valence-corrected chi connectivity index (χ2v) is 1.92. The van der Waals surface area contributed by atoms with E-state index in [4.69, 9.17) is 0 Å². The summed E-state index contributed by atoms with van der Waals surface area (Å²) >= 11 is 0. The van der Waals surface area contributed by atoms with Gasteiger partial charge >= 0.3 is 5.97 Å². The van der Waals surface area contributed by atoms with Crippen molar-refractivity contribution in [2.24, 2.45) is 4.99 Å². The van der Waals surface area contributed by atoms with Gasteiger partial charge in [0.05, 0.1) is 7.11 Å². The third-order valence-corrected chi connectivity index (χ3v) is 1.30. The minimum atomic E-state index is -0.271. The first-order valence-electron chi connectivity index (χ1n) is 2.96. The number of hydrogen-bond donors (Lipinski definition) is 0. The van der Waals surface area contributed by atoms with Gasteiger partial charge in [0, 0.05) is 6.54 Å². The molecule has 0 aliphatic carbocycles. The van der Waals surface area contributed by atoms with Crippen LogP contribution in [0.3, 0.4) is 0 Å². The van der Waals surface area contributed by atoms with Crippen LogP contribution in [0.25, 0.3) is 0 Å². The summed E-state index contributed by atoms with van der Waals surface area (Å²) in [6.07, 6.45) is 1.77. The van der Waals surface area contributed by atoms with Crippen LogP contribution in [0.2, 0.25) is 0 Å². The summed E-state index contributed by atoms with van der Waals surface area (Å²) in [6.45, 7) is 0.782. The maximum absolute atomic E-state index is 10.7. The number of methoxy groups -OCH3 is 1. The Morgan fingerprint density at radius 3 is 3.00 bits per heavy atom. The molecule has 0 aromatic heterocycles. The number of carbonyl (C=O) groups is 1. The Balaban J connectivity index is 2.51. The zero-order valence-corrected chi connectivity index (χ0v) is 5.39. The molecule has 0 saturated heterocycles. The highest BCUT2D eigenvalue weighted by molar-refractivity contribution is 6.36. The van der Waals surface area contributed by atoms with E-state index >= 15 is 0 Å². The molecule has 1 heterocycles. The first-order chi connectivity index (χ1) is 4.34. The molecular weight excluding hydrogens is 118 g/mol. The van der Waals surface area contributed by atoms with Crippen molar-refractivity contribution in [3.8, 4) is 0 Å². The molecule has 0 N–H and O–H groups in total. The van der Waals surface area contributed by atoms with Crippen LogP contribution in [0.15, 0.2) is 4.99 Å². The lowest BCUT2D eigenvalue weighted by atomic mass is 10.2. The van der Waals surface area contributed by atoms with Gasteiger partial charge in [-0.1, -0.05) is 0 Å². The van der Waals surface area contributed by atoms with E-state index in [1.807, 2.05) is 0 Å². The van der Waals surface area contributed by atoms with Crippen molar-refractivity contribution in [2.75, 3.05) is 13.7 Å². The van der Waals surface area contributed by atoms with Crippen LogP contribution >= 0.6 is 0 Å². The number of aliphatic imine (C=N–C) groups is 1. The van der Waals surface area contributed by atoms with Crippen molar-refractivity contribution in [1.29, 1.82) is 0 Å². The highest BCUT2D eigenvalue weighted by Gasteiger charge is 2.14. The van der Waals surface area contributed by atoms with E-state index in [1.165, 1.54) is 7.11 Å². The summed E-state index contributed by atoms with van der Waals surface area (Å²) in [6, 6.07) is 0. The van der Waals surface area contributed by atoms with Gasteiger partial charge in [0.25, 0.3) is 0 Å². The molecule has 1 aliphatic heterocycles. The Morgan fingerprint density at radius 1 is 1.78 bits per heavy atom. The van der Waals surface area contributed by atoms with Crippen LogP contribution in [0.1, 0.15) is 12.8 Å². The molecule has 0 bridgehead atoms. The van der Waals surface area contributed by atoms with Crippen molar-refractivity contribution in [3.05, 3.63) is 0 Å². The molecule has 0 aromatic rings. The Labute approximate surface area is 53.7 Å². The minimum Gasteiger partial charge on any atom is -0.465 e. The molecular formula is C6H9NO2. The molecule has 0 saturated carbocycles. The standard InChI is InChI=1S/C6H9NO2/c1-9-6(8)5-3-2-4-7-5/h2-4H2,1H3. The fourth-order valence-electron chi connectivity index (χ4n) is 0.824. The fraction of sp³-hybridized carbons (Fsp3) is 0.667. The zero-order chi connectivity index (χ0) is 6.69. The lowest BCUT2D eigenvalue weighted by Gasteiger charge is -1.93. The Bertz CT molecular complexity index is 151. The van der Waals surface area contributed by atoms with Gasteiger partial charge in [-0.15, -0.1) is 0 Å². The lowest BCUT2D eigenvalue weighted by Crippen LogP contribution is -2.12. The Morgan fingerprint density at radius 2 is 2.56 bits per heavy atom. The second-order valence-electron chi connectivity index (χ2n) is 1.92. The SMILES string of the molecule is COC(=O)C1=NCCC1. The van der Waals surface area contributed by atoms with Crippen molar-refractivity contribution in [3.63, 3.8) is 0 Å². The predicted octanol–water partition coefficient (Wildman–Crippen LogP) is 0.394. The first-order valence-corrected chi connectivity index (χ1v) is 2.96. The van der Waals surface area contributed by atoms with E-state index in [0.717, 1.165) is 19.4 Å². The van der Waals surface area contributed by atoms with Crippen LogP contribution in [-0.2, 0) is 9.53 Å². The maximum Gasteiger partial charge on any atom is 0.351 e. The van der Waals surface area contributed by atoms with Gasteiger partial charge in [-0.2, -0.15) is 0 Å². The van der Waals surface area contributed by atoms with Crippen molar-refractivity contribution in [2.45, 2.75) is 12.8 Å². The van der Waals surface area contributed by atoms with E-state index < -0.39 is 0 Å².